The summed E-state index contributed by atoms with van der Waals surface area (Å²) in [6.07, 6.45) is 8.01. The Bertz CT molecular complexity index is 580. The van der Waals surface area contributed by atoms with Gasteiger partial charge in [0.1, 0.15) is 0 Å². The van der Waals surface area contributed by atoms with Crippen molar-refractivity contribution < 1.29 is 0 Å². The molecule has 1 N–H and O–H groups in total. The number of rotatable bonds is 8. The molecule has 0 aliphatic heterocycles. The molecule has 1 saturated carbocycles. The first-order valence-electron chi connectivity index (χ1n) is 13.1. The highest BCUT2D eigenvalue weighted by Crippen LogP contribution is 2.40. The van der Waals surface area contributed by atoms with Crippen LogP contribution in [0.2, 0.25) is 0 Å². The highest BCUT2D eigenvalue weighted by Gasteiger charge is 2.37. The summed E-state index contributed by atoms with van der Waals surface area (Å²) in [5.74, 6) is 4.95. The Hall–Kier alpha value is -0.630. The van der Waals surface area contributed by atoms with E-state index in [4.69, 9.17) is 4.99 Å². The van der Waals surface area contributed by atoms with E-state index in [1.165, 1.54) is 49.9 Å². The van der Waals surface area contributed by atoms with Crippen LogP contribution in [0, 0.1) is 41.4 Å². The predicted octanol–water partition coefficient (Wildman–Crippen LogP) is 7.89. The van der Waals surface area contributed by atoms with Crippen LogP contribution in [0.4, 0.5) is 0 Å². The first-order chi connectivity index (χ1) is 14.0. The van der Waals surface area contributed by atoms with Gasteiger partial charge >= 0.3 is 0 Å². The van der Waals surface area contributed by atoms with Crippen LogP contribution in [0.1, 0.15) is 108 Å². The molecule has 0 aromatic heterocycles. The van der Waals surface area contributed by atoms with E-state index >= 15 is 0 Å². The Labute approximate surface area is 188 Å². The molecular formula is C28H52N2. The zero-order chi connectivity index (χ0) is 22.6. The van der Waals surface area contributed by atoms with Crippen molar-refractivity contribution in [1.29, 1.82) is 0 Å². The Morgan fingerprint density at radius 1 is 0.800 bits per heavy atom. The molecule has 0 saturated heterocycles. The third-order valence-corrected chi connectivity index (χ3v) is 8.22. The first kappa shape index (κ1) is 25.6. The third-order valence-electron chi connectivity index (χ3n) is 8.22. The maximum absolute atomic E-state index is 5.38. The summed E-state index contributed by atoms with van der Waals surface area (Å²) in [5.41, 5.74) is 4.33. The minimum Gasteiger partial charge on any atom is -0.306 e. The van der Waals surface area contributed by atoms with Gasteiger partial charge in [-0.3, -0.25) is 4.99 Å². The molecule has 30 heavy (non-hydrogen) atoms. The smallest absolute Gasteiger partial charge is 0.0431 e. The molecule has 174 valence electrons. The third kappa shape index (κ3) is 6.21. The second kappa shape index (κ2) is 11.3. The highest BCUT2D eigenvalue weighted by atomic mass is 15.0. The van der Waals surface area contributed by atoms with E-state index < -0.39 is 0 Å². The fourth-order valence-electron chi connectivity index (χ4n) is 6.11. The summed E-state index contributed by atoms with van der Waals surface area (Å²) >= 11 is 0. The van der Waals surface area contributed by atoms with Gasteiger partial charge in [-0.05, 0) is 87.0 Å². The summed E-state index contributed by atoms with van der Waals surface area (Å²) in [7, 11) is 0. The average Bonchev–Trinajstić information content (AvgIpc) is 2.67. The largest absolute Gasteiger partial charge is 0.306 e. The van der Waals surface area contributed by atoms with Gasteiger partial charge in [-0.2, -0.15) is 0 Å². The van der Waals surface area contributed by atoms with E-state index in [0.29, 0.717) is 29.8 Å². The van der Waals surface area contributed by atoms with E-state index in [0.717, 1.165) is 23.7 Å². The number of aliphatic imine (C=N–C) groups is 1. The molecule has 4 unspecified atom stereocenters. The Morgan fingerprint density at radius 3 is 1.83 bits per heavy atom. The quantitative estimate of drug-likeness (QED) is 0.400. The molecule has 2 rings (SSSR count). The molecule has 2 aliphatic rings. The monoisotopic (exact) mass is 416 g/mol. The van der Waals surface area contributed by atoms with E-state index in [9.17, 15) is 0 Å². The SMILES string of the molecule is CC(=NC1=C(C(C)C)CCCC1C(C)C)C(C)NC1C(C(C)C)CCCC1C(C)C. The summed E-state index contributed by atoms with van der Waals surface area (Å²) in [6, 6.07) is 0.955. The lowest BCUT2D eigenvalue weighted by Crippen LogP contribution is -2.53. The Balaban J connectivity index is 2.29. The number of allylic oxidation sites excluding steroid dienone is 2. The van der Waals surface area contributed by atoms with E-state index in [-0.39, 0.29) is 0 Å². The lowest BCUT2D eigenvalue weighted by atomic mass is 9.68. The fourth-order valence-corrected chi connectivity index (χ4v) is 6.11. The highest BCUT2D eigenvalue weighted by molar-refractivity contribution is 5.88. The van der Waals surface area contributed by atoms with E-state index in [1.54, 1.807) is 5.57 Å². The molecule has 0 radical (unpaired) electrons. The summed E-state index contributed by atoms with van der Waals surface area (Å²) in [6.45, 7) is 23.8. The lowest BCUT2D eigenvalue weighted by Gasteiger charge is -2.44. The number of nitrogens with one attached hydrogen (secondary N) is 1. The molecule has 2 aliphatic carbocycles. The number of hydrogen-bond donors (Lipinski definition) is 1. The average molecular weight is 417 g/mol. The minimum atomic E-state index is 0.339. The van der Waals surface area contributed by atoms with Crippen molar-refractivity contribution in [3.8, 4) is 0 Å². The normalized spacial score (nSPS) is 30.1. The lowest BCUT2D eigenvalue weighted by molar-refractivity contribution is 0.110. The van der Waals surface area contributed by atoms with Crippen molar-refractivity contribution in [2.75, 3.05) is 0 Å². The summed E-state index contributed by atoms with van der Waals surface area (Å²) in [5, 5.41) is 4.11. The summed E-state index contributed by atoms with van der Waals surface area (Å²) in [4.78, 5) is 5.38. The molecule has 0 heterocycles. The second-order valence-electron chi connectivity index (χ2n) is 11.7. The molecular weight excluding hydrogens is 364 g/mol. The van der Waals surface area contributed by atoms with Crippen LogP contribution in [0.3, 0.4) is 0 Å². The van der Waals surface area contributed by atoms with Gasteiger partial charge in [0.05, 0.1) is 0 Å². The van der Waals surface area contributed by atoms with Crippen LogP contribution in [0.25, 0.3) is 0 Å². The van der Waals surface area contributed by atoms with Gasteiger partial charge in [-0.15, -0.1) is 0 Å². The standard InChI is InChI=1S/C28H52N2/c1-17(2)23-13-11-14-24(18(3)4)27(23)29-21(9)22(10)30-28-25(19(5)6)15-12-16-26(28)20(7)8/h17-21,23-25,27,29H,11-16H2,1-10H3. The molecule has 0 bridgehead atoms. The van der Waals surface area contributed by atoms with Crippen molar-refractivity contribution in [2.24, 2.45) is 46.4 Å². The van der Waals surface area contributed by atoms with Crippen LogP contribution in [-0.4, -0.2) is 17.8 Å². The van der Waals surface area contributed by atoms with Crippen molar-refractivity contribution in [3.05, 3.63) is 11.3 Å². The Morgan fingerprint density at radius 2 is 1.37 bits per heavy atom. The van der Waals surface area contributed by atoms with Crippen molar-refractivity contribution >= 4 is 5.71 Å². The van der Waals surface area contributed by atoms with E-state index in [1.807, 2.05) is 0 Å². The van der Waals surface area contributed by atoms with Crippen molar-refractivity contribution in [3.63, 3.8) is 0 Å². The van der Waals surface area contributed by atoms with Gasteiger partial charge in [0.15, 0.2) is 0 Å². The predicted molar refractivity (Wildman–Crippen MR) is 134 cm³/mol. The molecule has 2 heteroatoms. The molecule has 0 amide bonds. The van der Waals surface area contributed by atoms with Gasteiger partial charge < -0.3 is 5.32 Å². The van der Waals surface area contributed by atoms with Crippen LogP contribution < -0.4 is 5.32 Å². The van der Waals surface area contributed by atoms with Gasteiger partial charge in [0, 0.05) is 29.4 Å². The maximum Gasteiger partial charge on any atom is 0.0431 e. The zero-order valence-corrected chi connectivity index (χ0v) is 21.9. The topological polar surface area (TPSA) is 24.4 Å². The van der Waals surface area contributed by atoms with Crippen LogP contribution in [0.5, 0.6) is 0 Å². The van der Waals surface area contributed by atoms with Gasteiger partial charge in [-0.25, -0.2) is 0 Å². The minimum absolute atomic E-state index is 0.339. The van der Waals surface area contributed by atoms with Crippen molar-refractivity contribution in [1.82, 2.24) is 5.32 Å². The maximum atomic E-state index is 5.38. The molecule has 2 nitrogen and oxygen atoms in total. The van der Waals surface area contributed by atoms with Crippen LogP contribution in [-0.2, 0) is 0 Å². The fraction of sp³-hybridized carbons (Fsp3) is 0.893. The van der Waals surface area contributed by atoms with Crippen molar-refractivity contribution in [2.45, 2.75) is 120 Å². The van der Waals surface area contributed by atoms with Crippen LogP contribution >= 0.6 is 0 Å². The number of hydrogen-bond acceptors (Lipinski definition) is 2. The first-order valence-corrected chi connectivity index (χ1v) is 13.1. The molecule has 0 aromatic carbocycles. The zero-order valence-electron chi connectivity index (χ0n) is 21.9. The van der Waals surface area contributed by atoms with Gasteiger partial charge in [0.25, 0.3) is 0 Å². The van der Waals surface area contributed by atoms with E-state index in [2.05, 4.69) is 74.6 Å². The number of nitrogens with zero attached hydrogens (tertiary/aromatic N) is 1. The molecule has 4 atom stereocenters. The van der Waals surface area contributed by atoms with Crippen LogP contribution in [0.15, 0.2) is 16.3 Å². The molecule has 0 aromatic rings. The summed E-state index contributed by atoms with van der Waals surface area (Å²) < 4.78 is 0. The van der Waals surface area contributed by atoms with Gasteiger partial charge in [-0.1, -0.05) is 61.8 Å². The Kier molecular flexibility index (Phi) is 9.65. The van der Waals surface area contributed by atoms with Gasteiger partial charge in [0.2, 0.25) is 0 Å². The second-order valence-corrected chi connectivity index (χ2v) is 11.7. The molecule has 1 fully saturated rings. The molecule has 0 spiro atoms.